The molecule has 2 aromatic rings. The minimum Gasteiger partial charge on any atom is -0.379 e. The van der Waals surface area contributed by atoms with Gasteiger partial charge in [-0.1, -0.05) is 0 Å². The van der Waals surface area contributed by atoms with E-state index in [1.807, 2.05) is 11.1 Å². The standard InChI is InChI=1S/C13H14N4O3/c18-17(19)12-4-3-11(10-2-1-5-14-13(10)12)15-16-6-8-20-9-7-16/h1-5,15H,6-9H2. The quantitative estimate of drug-likeness (QED) is 0.679. The number of hydrogen-bond acceptors (Lipinski definition) is 6. The molecule has 1 aliphatic rings. The summed E-state index contributed by atoms with van der Waals surface area (Å²) < 4.78 is 5.29. The lowest BCUT2D eigenvalue weighted by Crippen LogP contribution is -2.40. The van der Waals surface area contributed by atoms with Crippen molar-refractivity contribution in [2.75, 3.05) is 31.7 Å². The molecular formula is C13H14N4O3. The van der Waals surface area contributed by atoms with Crippen LogP contribution < -0.4 is 5.43 Å². The molecule has 7 heteroatoms. The van der Waals surface area contributed by atoms with Crippen LogP contribution in [0.3, 0.4) is 0 Å². The molecule has 1 N–H and O–H groups in total. The van der Waals surface area contributed by atoms with Crippen molar-refractivity contribution in [3.8, 4) is 0 Å². The molecule has 0 spiro atoms. The summed E-state index contributed by atoms with van der Waals surface area (Å²) >= 11 is 0. The van der Waals surface area contributed by atoms with Crippen LogP contribution in [0, 0.1) is 10.1 Å². The van der Waals surface area contributed by atoms with Crippen LogP contribution in [-0.2, 0) is 4.74 Å². The Bertz CT molecular complexity index is 641. The number of morpholine rings is 1. The van der Waals surface area contributed by atoms with E-state index in [2.05, 4.69) is 10.4 Å². The van der Waals surface area contributed by atoms with Crippen LogP contribution in [0.15, 0.2) is 30.5 Å². The summed E-state index contributed by atoms with van der Waals surface area (Å²) in [7, 11) is 0. The third-order valence-electron chi connectivity index (χ3n) is 3.23. The number of hydrogen-bond donors (Lipinski definition) is 1. The number of pyridine rings is 1. The number of nitrogens with zero attached hydrogens (tertiary/aromatic N) is 3. The monoisotopic (exact) mass is 274 g/mol. The molecule has 7 nitrogen and oxygen atoms in total. The summed E-state index contributed by atoms with van der Waals surface area (Å²) in [5.41, 5.74) is 4.52. The van der Waals surface area contributed by atoms with Crippen molar-refractivity contribution < 1.29 is 9.66 Å². The first-order chi connectivity index (χ1) is 9.75. The van der Waals surface area contributed by atoms with E-state index in [0.717, 1.165) is 24.2 Å². The summed E-state index contributed by atoms with van der Waals surface area (Å²) in [6.07, 6.45) is 1.56. The van der Waals surface area contributed by atoms with Crippen molar-refractivity contribution in [3.05, 3.63) is 40.6 Å². The molecule has 0 bridgehead atoms. The Kier molecular flexibility index (Phi) is 3.44. The number of anilines is 1. The van der Waals surface area contributed by atoms with Gasteiger partial charge in [0.1, 0.15) is 5.52 Å². The predicted molar refractivity (Wildman–Crippen MR) is 74.4 cm³/mol. The van der Waals surface area contributed by atoms with Gasteiger partial charge in [0.05, 0.1) is 23.8 Å². The molecular weight excluding hydrogens is 260 g/mol. The lowest BCUT2D eigenvalue weighted by atomic mass is 10.1. The maximum Gasteiger partial charge on any atom is 0.295 e. The van der Waals surface area contributed by atoms with Gasteiger partial charge in [-0.2, -0.15) is 0 Å². The van der Waals surface area contributed by atoms with E-state index in [1.165, 1.54) is 6.07 Å². The average molecular weight is 274 g/mol. The van der Waals surface area contributed by atoms with Crippen molar-refractivity contribution in [1.82, 2.24) is 9.99 Å². The van der Waals surface area contributed by atoms with Crippen molar-refractivity contribution in [1.29, 1.82) is 0 Å². The number of fused-ring (bicyclic) bond motifs is 1. The molecule has 20 heavy (non-hydrogen) atoms. The van der Waals surface area contributed by atoms with Crippen molar-refractivity contribution >= 4 is 22.3 Å². The van der Waals surface area contributed by atoms with Gasteiger partial charge in [0, 0.05) is 30.7 Å². The van der Waals surface area contributed by atoms with Gasteiger partial charge < -0.3 is 10.2 Å². The van der Waals surface area contributed by atoms with Gasteiger partial charge in [-0.25, -0.2) is 9.99 Å². The fourth-order valence-electron chi connectivity index (χ4n) is 2.25. The normalized spacial score (nSPS) is 16.2. The Labute approximate surface area is 115 Å². The van der Waals surface area contributed by atoms with E-state index in [1.54, 1.807) is 18.3 Å². The summed E-state index contributed by atoms with van der Waals surface area (Å²) in [6.45, 7) is 2.91. The van der Waals surface area contributed by atoms with Crippen molar-refractivity contribution in [2.24, 2.45) is 0 Å². The van der Waals surface area contributed by atoms with Gasteiger partial charge in [0.2, 0.25) is 0 Å². The van der Waals surface area contributed by atoms with Gasteiger partial charge >= 0.3 is 0 Å². The number of rotatable bonds is 3. The Morgan fingerprint density at radius 2 is 2.10 bits per heavy atom. The predicted octanol–water partition coefficient (Wildman–Crippen LogP) is 1.80. The van der Waals surface area contributed by atoms with Crippen LogP contribution >= 0.6 is 0 Å². The molecule has 1 aliphatic heterocycles. The lowest BCUT2D eigenvalue weighted by Gasteiger charge is -2.28. The van der Waals surface area contributed by atoms with Crippen LogP contribution in [-0.4, -0.2) is 41.2 Å². The Hall–Kier alpha value is -2.25. The lowest BCUT2D eigenvalue weighted by molar-refractivity contribution is -0.383. The molecule has 1 aromatic heterocycles. The van der Waals surface area contributed by atoms with Crippen LogP contribution in [0.25, 0.3) is 10.9 Å². The minimum absolute atomic E-state index is 0.0214. The maximum absolute atomic E-state index is 11.0. The zero-order valence-corrected chi connectivity index (χ0v) is 10.8. The summed E-state index contributed by atoms with van der Waals surface area (Å²) in [5, 5.41) is 13.8. The Morgan fingerprint density at radius 3 is 2.85 bits per heavy atom. The van der Waals surface area contributed by atoms with E-state index < -0.39 is 4.92 Å². The van der Waals surface area contributed by atoms with Crippen molar-refractivity contribution in [3.63, 3.8) is 0 Å². The number of hydrazine groups is 1. The summed E-state index contributed by atoms with van der Waals surface area (Å²) in [6, 6.07) is 6.81. The highest BCUT2D eigenvalue weighted by molar-refractivity contribution is 5.96. The number of nitro benzene ring substituents is 1. The third kappa shape index (κ3) is 2.40. The van der Waals surface area contributed by atoms with Crippen LogP contribution in [0.5, 0.6) is 0 Å². The molecule has 1 saturated heterocycles. The molecule has 3 rings (SSSR count). The second kappa shape index (κ2) is 5.40. The Morgan fingerprint density at radius 1 is 1.30 bits per heavy atom. The molecule has 0 radical (unpaired) electrons. The average Bonchev–Trinajstić information content (AvgIpc) is 2.48. The smallest absolute Gasteiger partial charge is 0.295 e. The first-order valence-electron chi connectivity index (χ1n) is 6.37. The molecule has 104 valence electrons. The van der Waals surface area contributed by atoms with E-state index in [9.17, 15) is 10.1 Å². The molecule has 0 unspecified atom stereocenters. The number of nitro groups is 1. The highest BCUT2D eigenvalue weighted by atomic mass is 16.6. The minimum atomic E-state index is -0.409. The number of ether oxygens (including phenoxy) is 1. The van der Waals surface area contributed by atoms with Crippen LogP contribution in [0.1, 0.15) is 0 Å². The first-order valence-corrected chi connectivity index (χ1v) is 6.37. The van der Waals surface area contributed by atoms with E-state index in [-0.39, 0.29) is 5.69 Å². The van der Waals surface area contributed by atoms with Gasteiger partial charge in [-0.05, 0) is 18.2 Å². The number of nitrogens with one attached hydrogen (secondary N) is 1. The molecule has 0 amide bonds. The number of benzene rings is 1. The highest BCUT2D eigenvalue weighted by Crippen LogP contribution is 2.29. The maximum atomic E-state index is 11.0. The van der Waals surface area contributed by atoms with Gasteiger partial charge in [-0.15, -0.1) is 0 Å². The zero-order chi connectivity index (χ0) is 13.9. The number of non-ortho nitro benzene ring substituents is 1. The fourth-order valence-corrected chi connectivity index (χ4v) is 2.25. The molecule has 0 atom stereocenters. The van der Waals surface area contributed by atoms with Gasteiger partial charge in [0.25, 0.3) is 5.69 Å². The van der Waals surface area contributed by atoms with E-state index >= 15 is 0 Å². The zero-order valence-electron chi connectivity index (χ0n) is 10.8. The third-order valence-corrected chi connectivity index (χ3v) is 3.23. The van der Waals surface area contributed by atoms with Gasteiger partial charge in [-0.3, -0.25) is 10.1 Å². The fraction of sp³-hybridized carbons (Fsp3) is 0.308. The second-order valence-corrected chi connectivity index (χ2v) is 4.50. The Balaban J connectivity index is 1.99. The van der Waals surface area contributed by atoms with Crippen molar-refractivity contribution in [2.45, 2.75) is 0 Å². The summed E-state index contributed by atoms with van der Waals surface area (Å²) in [5.74, 6) is 0. The van der Waals surface area contributed by atoms with Gasteiger partial charge in [0.15, 0.2) is 0 Å². The van der Waals surface area contributed by atoms with E-state index in [4.69, 9.17) is 4.74 Å². The van der Waals surface area contributed by atoms with E-state index in [0.29, 0.717) is 18.7 Å². The summed E-state index contributed by atoms with van der Waals surface area (Å²) in [4.78, 5) is 14.8. The SMILES string of the molecule is O=[N+]([O-])c1ccc(NN2CCOCC2)c2cccnc12. The second-order valence-electron chi connectivity index (χ2n) is 4.50. The largest absolute Gasteiger partial charge is 0.379 e. The first kappa shape index (κ1) is 12.8. The van der Waals surface area contributed by atoms with Crippen LogP contribution in [0.2, 0.25) is 0 Å². The molecule has 0 saturated carbocycles. The molecule has 1 fully saturated rings. The molecule has 2 heterocycles. The van der Waals surface area contributed by atoms with Crippen LogP contribution in [0.4, 0.5) is 11.4 Å². The topological polar surface area (TPSA) is 80.5 Å². The highest BCUT2D eigenvalue weighted by Gasteiger charge is 2.17. The molecule has 1 aromatic carbocycles. The molecule has 0 aliphatic carbocycles. The number of aromatic nitrogens is 1.